The van der Waals surface area contributed by atoms with E-state index in [9.17, 15) is 26.3 Å². The zero-order valence-electron chi connectivity index (χ0n) is 15.7. The molecule has 3 heterocycles. The number of rotatable bonds is 1. The van der Waals surface area contributed by atoms with Crippen LogP contribution in [0.3, 0.4) is 0 Å². The van der Waals surface area contributed by atoms with Crippen LogP contribution in [-0.4, -0.2) is 24.3 Å². The molecule has 0 fully saturated rings. The molecule has 0 radical (unpaired) electrons. The van der Waals surface area contributed by atoms with E-state index >= 15 is 0 Å². The summed E-state index contributed by atoms with van der Waals surface area (Å²) in [6.07, 6.45) is -5.78. The van der Waals surface area contributed by atoms with Gasteiger partial charge in [0, 0.05) is 18.0 Å². The molecule has 0 aliphatic rings. The molecule has 4 aromatic rings. The van der Waals surface area contributed by atoms with E-state index in [0.717, 1.165) is 41.1 Å². The molecule has 6 nitrogen and oxygen atoms in total. The van der Waals surface area contributed by atoms with Crippen molar-refractivity contribution in [2.75, 3.05) is 5.73 Å². The van der Waals surface area contributed by atoms with Crippen molar-refractivity contribution in [1.29, 1.82) is 0 Å². The van der Waals surface area contributed by atoms with E-state index in [1.165, 1.54) is 12.4 Å². The summed E-state index contributed by atoms with van der Waals surface area (Å²) in [5.74, 6) is 5.29. The number of nitrogen functional groups attached to an aromatic ring is 1. The van der Waals surface area contributed by atoms with Crippen molar-refractivity contribution in [2.45, 2.75) is 12.4 Å². The molecule has 0 atom stereocenters. The predicted octanol–water partition coefficient (Wildman–Crippen LogP) is 4.21. The van der Waals surface area contributed by atoms with Crippen molar-refractivity contribution in [2.24, 2.45) is 0 Å². The van der Waals surface area contributed by atoms with E-state index in [4.69, 9.17) is 5.73 Å². The zero-order chi connectivity index (χ0) is 23.1. The number of halogens is 6. The Morgan fingerprint density at radius 2 is 1.50 bits per heavy atom. The fourth-order valence-corrected chi connectivity index (χ4v) is 2.79. The van der Waals surface area contributed by atoms with Crippen LogP contribution in [0.1, 0.15) is 22.5 Å². The van der Waals surface area contributed by atoms with E-state index < -0.39 is 23.6 Å². The Labute approximate surface area is 175 Å². The number of hydrogen-bond donors (Lipinski definition) is 1. The Balaban J connectivity index is 1.85. The molecule has 0 saturated heterocycles. The van der Waals surface area contributed by atoms with Crippen LogP contribution >= 0.6 is 0 Å². The van der Waals surface area contributed by atoms with Crippen LogP contribution in [0.15, 0.2) is 49.1 Å². The van der Waals surface area contributed by atoms with Crippen molar-refractivity contribution in [3.8, 4) is 23.1 Å². The number of anilines is 1. The molecule has 0 amide bonds. The zero-order valence-corrected chi connectivity index (χ0v) is 15.7. The Kier molecular flexibility index (Phi) is 4.96. The highest BCUT2D eigenvalue weighted by molar-refractivity contribution is 5.66. The van der Waals surface area contributed by atoms with Gasteiger partial charge in [-0.15, -0.1) is 0 Å². The first-order chi connectivity index (χ1) is 15.0. The van der Waals surface area contributed by atoms with E-state index in [0.29, 0.717) is 5.56 Å². The van der Waals surface area contributed by atoms with Crippen molar-refractivity contribution < 1.29 is 26.3 Å². The molecule has 3 aromatic heterocycles. The smallest absolute Gasteiger partial charge is 0.368 e. The van der Waals surface area contributed by atoms with Crippen LogP contribution in [0.4, 0.5) is 32.3 Å². The number of aromatic nitrogens is 5. The fourth-order valence-electron chi connectivity index (χ4n) is 2.79. The summed E-state index contributed by atoms with van der Waals surface area (Å²) in [5.41, 5.74) is 3.31. The molecule has 0 bridgehead atoms. The number of nitrogens with zero attached hydrogens (tertiary/aromatic N) is 5. The maximum Gasteiger partial charge on any atom is 0.431 e. The second-order valence-corrected chi connectivity index (χ2v) is 6.47. The minimum Gasteiger partial charge on any atom is -0.368 e. The Hall–Kier alpha value is -4.14. The molecule has 12 heteroatoms. The Morgan fingerprint density at radius 3 is 2.09 bits per heavy atom. The first-order valence-corrected chi connectivity index (χ1v) is 8.75. The number of imidazole rings is 1. The van der Waals surface area contributed by atoms with E-state index in [2.05, 4.69) is 31.8 Å². The van der Waals surface area contributed by atoms with Gasteiger partial charge in [0.05, 0.1) is 16.8 Å². The SMILES string of the molecule is Nc1ncc(C#Cc2ncn3c(C(F)(F)F)cc(-c4ccc(C(F)(F)F)cc4)nc23)cn1. The van der Waals surface area contributed by atoms with Crippen LogP contribution in [0.5, 0.6) is 0 Å². The van der Waals surface area contributed by atoms with Gasteiger partial charge in [-0.25, -0.2) is 19.9 Å². The highest BCUT2D eigenvalue weighted by atomic mass is 19.4. The Morgan fingerprint density at radius 1 is 0.844 bits per heavy atom. The molecule has 1 aromatic carbocycles. The highest BCUT2D eigenvalue weighted by Crippen LogP contribution is 2.34. The summed E-state index contributed by atoms with van der Waals surface area (Å²) < 4.78 is 80.1. The number of benzene rings is 1. The van der Waals surface area contributed by atoms with E-state index in [1.54, 1.807) is 0 Å². The fraction of sp³-hybridized carbons (Fsp3) is 0.100. The second kappa shape index (κ2) is 7.52. The molecule has 2 N–H and O–H groups in total. The quantitative estimate of drug-likeness (QED) is 0.349. The molecule has 0 unspecified atom stereocenters. The lowest BCUT2D eigenvalue weighted by molar-refractivity contribution is -0.142. The topological polar surface area (TPSA) is 82.0 Å². The van der Waals surface area contributed by atoms with Gasteiger partial charge in [0.2, 0.25) is 5.95 Å². The standard InChI is InChI=1S/C20H10F6N6/c21-19(22,23)13-4-2-12(3-5-13)15-7-16(20(24,25)26)32-10-30-14(17(32)31-15)6-1-11-8-28-18(27)29-9-11/h2-5,7-10H,(H2,27,28,29). The lowest BCUT2D eigenvalue weighted by Crippen LogP contribution is -2.12. The minimum atomic E-state index is -4.78. The predicted molar refractivity (Wildman–Crippen MR) is 101 cm³/mol. The van der Waals surface area contributed by atoms with Gasteiger partial charge in [-0.3, -0.25) is 4.40 Å². The monoisotopic (exact) mass is 448 g/mol. The summed E-state index contributed by atoms with van der Waals surface area (Å²) in [4.78, 5) is 15.6. The van der Waals surface area contributed by atoms with Gasteiger partial charge < -0.3 is 5.73 Å². The van der Waals surface area contributed by atoms with E-state index in [-0.39, 0.29) is 28.5 Å². The molecule has 0 spiro atoms. The van der Waals surface area contributed by atoms with Crippen molar-refractivity contribution in [1.82, 2.24) is 24.3 Å². The molecule has 0 saturated carbocycles. The number of hydrogen-bond acceptors (Lipinski definition) is 5. The minimum absolute atomic E-state index is 0.0284. The average Bonchev–Trinajstić information content (AvgIpc) is 3.14. The molecule has 4 rings (SSSR count). The molecule has 0 aliphatic carbocycles. The van der Waals surface area contributed by atoms with Crippen LogP contribution in [0.25, 0.3) is 16.9 Å². The summed E-state index contributed by atoms with van der Waals surface area (Å²) >= 11 is 0. The number of alkyl halides is 6. The lowest BCUT2D eigenvalue weighted by atomic mass is 10.1. The maximum absolute atomic E-state index is 13.6. The van der Waals surface area contributed by atoms with Gasteiger partial charge in [0.25, 0.3) is 0 Å². The third-order valence-electron chi connectivity index (χ3n) is 4.30. The van der Waals surface area contributed by atoms with Crippen LogP contribution in [0.2, 0.25) is 0 Å². The van der Waals surface area contributed by atoms with Gasteiger partial charge in [0.15, 0.2) is 11.3 Å². The van der Waals surface area contributed by atoms with Gasteiger partial charge in [0.1, 0.15) is 12.0 Å². The van der Waals surface area contributed by atoms with Crippen molar-refractivity contribution in [3.63, 3.8) is 0 Å². The summed E-state index contributed by atoms with van der Waals surface area (Å²) in [5, 5.41) is 0. The van der Waals surface area contributed by atoms with Crippen LogP contribution < -0.4 is 5.73 Å². The van der Waals surface area contributed by atoms with Crippen LogP contribution in [0, 0.1) is 11.8 Å². The third-order valence-corrected chi connectivity index (χ3v) is 4.30. The molecular weight excluding hydrogens is 438 g/mol. The summed E-state index contributed by atoms with van der Waals surface area (Å²) in [6.45, 7) is 0. The highest BCUT2D eigenvalue weighted by Gasteiger charge is 2.35. The first kappa shape index (κ1) is 21.1. The lowest BCUT2D eigenvalue weighted by Gasteiger charge is -2.12. The second-order valence-electron chi connectivity index (χ2n) is 6.47. The molecule has 32 heavy (non-hydrogen) atoms. The summed E-state index contributed by atoms with van der Waals surface area (Å²) in [6, 6.07) is 4.38. The van der Waals surface area contributed by atoms with E-state index in [1.807, 2.05) is 0 Å². The van der Waals surface area contributed by atoms with Crippen LogP contribution in [-0.2, 0) is 12.4 Å². The van der Waals surface area contributed by atoms with Crippen molar-refractivity contribution in [3.05, 3.63) is 71.6 Å². The number of fused-ring (bicyclic) bond motifs is 1. The third kappa shape index (κ3) is 4.18. The van der Waals surface area contributed by atoms with Gasteiger partial charge in [-0.05, 0) is 24.1 Å². The number of nitrogens with two attached hydrogens (primary N) is 1. The molecular formula is C20H10F6N6. The molecule has 162 valence electrons. The van der Waals surface area contributed by atoms with Gasteiger partial charge in [-0.2, -0.15) is 26.3 Å². The summed E-state index contributed by atoms with van der Waals surface area (Å²) in [7, 11) is 0. The average molecular weight is 448 g/mol. The maximum atomic E-state index is 13.6. The first-order valence-electron chi connectivity index (χ1n) is 8.75. The van der Waals surface area contributed by atoms with Gasteiger partial charge in [-0.1, -0.05) is 18.1 Å². The van der Waals surface area contributed by atoms with Gasteiger partial charge >= 0.3 is 12.4 Å². The molecule has 0 aliphatic heterocycles. The largest absolute Gasteiger partial charge is 0.431 e. The Bertz CT molecular complexity index is 1340. The normalized spacial score (nSPS) is 11.9. The van der Waals surface area contributed by atoms with Crippen molar-refractivity contribution >= 4 is 11.6 Å².